The number of anilines is 2. The first-order valence-electron chi connectivity index (χ1n) is 13.3. The average Bonchev–Trinajstić information content (AvgIpc) is 2.83. The van der Waals surface area contributed by atoms with E-state index in [9.17, 15) is 21.6 Å². The van der Waals surface area contributed by atoms with Crippen LogP contribution in [0.1, 0.15) is 42.9 Å². The van der Waals surface area contributed by atoms with E-state index in [1.165, 1.54) is 12.1 Å². The summed E-state index contributed by atoms with van der Waals surface area (Å²) in [6.45, 7) is 8.26. The van der Waals surface area contributed by atoms with Crippen molar-refractivity contribution in [1.82, 2.24) is 0 Å². The van der Waals surface area contributed by atoms with E-state index in [0.29, 0.717) is 48.4 Å². The Labute approximate surface area is 238 Å². The Bertz CT molecular complexity index is 1260. The maximum absolute atomic E-state index is 14.4. The van der Waals surface area contributed by atoms with Crippen molar-refractivity contribution in [2.45, 2.75) is 68.5 Å². The summed E-state index contributed by atoms with van der Waals surface area (Å²) in [6.07, 6.45) is -1.56. The lowest BCUT2D eigenvalue weighted by Crippen LogP contribution is -2.38. The Morgan fingerprint density at radius 2 is 1.79 bits per heavy atom. The third kappa shape index (κ3) is 7.38. The predicted octanol–water partition coefficient (Wildman–Crippen LogP) is 7.43. The Morgan fingerprint density at radius 3 is 2.38 bits per heavy atom. The molecule has 0 spiro atoms. The maximum Gasteiger partial charge on any atom is 0.416 e. The lowest BCUT2D eigenvalue weighted by atomic mass is 10.0. The molecule has 0 saturated carbocycles. The second-order valence-electron chi connectivity index (χ2n) is 11.3. The Morgan fingerprint density at radius 1 is 1.10 bits per heavy atom. The monoisotopic (exact) mass is 648 g/mol. The number of hydrogen-bond donors (Lipinski definition) is 0. The molecule has 2 saturated heterocycles. The first kappa shape index (κ1) is 30.4. The Balaban J connectivity index is 1.84. The van der Waals surface area contributed by atoms with Gasteiger partial charge >= 0.3 is 6.18 Å². The van der Waals surface area contributed by atoms with Gasteiger partial charge in [-0.1, -0.05) is 41.6 Å². The van der Waals surface area contributed by atoms with Gasteiger partial charge in [-0.3, -0.25) is 0 Å². The standard InChI is InChI=1S/C27H36BrF3N2O4SSi/c1-39(2,3)16-15-36-19-33(38(34,35)26-18-21(28)8-9-22(26)25-11-14-37-25)24-17-20(27(29,30)31)7-10-23(24)32-12-5-4-6-13-32/h7-10,17-18,25H,4-6,11-16,19H2,1-3H3. The van der Waals surface area contributed by atoms with Crippen LogP contribution < -0.4 is 9.21 Å². The highest BCUT2D eigenvalue weighted by atomic mass is 79.9. The van der Waals surface area contributed by atoms with Crippen LogP contribution in [0.25, 0.3) is 0 Å². The number of ether oxygens (including phenoxy) is 2. The van der Waals surface area contributed by atoms with Crippen LogP contribution in [0, 0.1) is 0 Å². The molecule has 2 aromatic carbocycles. The lowest BCUT2D eigenvalue weighted by molar-refractivity contribution is -0.137. The molecule has 2 fully saturated rings. The third-order valence-electron chi connectivity index (χ3n) is 7.06. The molecule has 0 N–H and O–H groups in total. The van der Waals surface area contributed by atoms with E-state index in [0.717, 1.165) is 41.7 Å². The molecule has 1 unspecified atom stereocenters. The van der Waals surface area contributed by atoms with Gasteiger partial charge in [-0.15, -0.1) is 0 Å². The normalized spacial score (nSPS) is 18.6. The second kappa shape index (κ2) is 12.1. The number of piperidine rings is 1. The van der Waals surface area contributed by atoms with E-state index < -0.39 is 36.6 Å². The van der Waals surface area contributed by atoms with Crippen molar-refractivity contribution in [1.29, 1.82) is 0 Å². The molecule has 39 heavy (non-hydrogen) atoms. The number of rotatable bonds is 10. The van der Waals surface area contributed by atoms with Crippen LogP contribution in [-0.2, 0) is 25.7 Å². The van der Waals surface area contributed by atoms with Gasteiger partial charge in [-0.25, -0.2) is 12.7 Å². The van der Waals surface area contributed by atoms with Crippen LogP contribution in [0.3, 0.4) is 0 Å². The van der Waals surface area contributed by atoms with Gasteiger partial charge in [0.15, 0.2) is 0 Å². The van der Waals surface area contributed by atoms with Crippen molar-refractivity contribution in [3.05, 3.63) is 52.0 Å². The zero-order valence-electron chi connectivity index (χ0n) is 22.6. The second-order valence-corrected chi connectivity index (χ2v) is 19.6. The van der Waals surface area contributed by atoms with Gasteiger partial charge in [0.2, 0.25) is 0 Å². The van der Waals surface area contributed by atoms with Gasteiger partial charge in [-0.2, -0.15) is 13.2 Å². The molecular weight excluding hydrogens is 613 g/mol. The van der Waals surface area contributed by atoms with Gasteiger partial charge < -0.3 is 14.4 Å². The van der Waals surface area contributed by atoms with Crippen LogP contribution in [-0.4, -0.2) is 49.5 Å². The van der Waals surface area contributed by atoms with Gasteiger partial charge in [0, 0.05) is 44.2 Å². The van der Waals surface area contributed by atoms with E-state index in [2.05, 4.69) is 35.6 Å². The summed E-state index contributed by atoms with van der Waals surface area (Å²) in [5, 5.41) is 0. The van der Waals surface area contributed by atoms with E-state index in [-0.39, 0.29) is 16.7 Å². The topological polar surface area (TPSA) is 59.1 Å². The first-order valence-corrected chi connectivity index (χ1v) is 19.2. The molecule has 0 amide bonds. The van der Waals surface area contributed by atoms with Crippen LogP contribution in [0.4, 0.5) is 24.5 Å². The summed E-state index contributed by atoms with van der Waals surface area (Å²) in [6, 6.07) is 9.09. The molecule has 2 aliphatic heterocycles. The molecule has 0 radical (unpaired) electrons. The van der Waals surface area contributed by atoms with Crippen LogP contribution in [0.15, 0.2) is 45.8 Å². The molecule has 1 atom stereocenters. The highest BCUT2D eigenvalue weighted by molar-refractivity contribution is 9.10. The van der Waals surface area contributed by atoms with Gasteiger partial charge in [0.05, 0.1) is 34.5 Å². The summed E-state index contributed by atoms with van der Waals surface area (Å²) in [7, 11) is -5.84. The van der Waals surface area contributed by atoms with Crippen molar-refractivity contribution >= 4 is 45.4 Å². The average molecular weight is 650 g/mol. The van der Waals surface area contributed by atoms with E-state index >= 15 is 0 Å². The quantitative estimate of drug-likeness (QED) is 0.152. The van der Waals surface area contributed by atoms with Crippen molar-refractivity contribution in [2.75, 3.05) is 42.2 Å². The minimum Gasteiger partial charge on any atom is -0.373 e. The molecule has 216 valence electrons. The zero-order chi connectivity index (χ0) is 28.4. The molecule has 0 aliphatic carbocycles. The molecule has 4 rings (SSSR count). The van der Waals surface area contributed by atoms with Crippen molar-refractivity contribution in [3.8, 4) is 0 Å². The van der Waals surface area contributed by atoms with E-state index in [4.69, 9.17) is 9.47 Å². The summed E-state index contributed by atoms with van der Waals surface area (Å²) in [4.78, 5) is 1.97. The van der Waals surface area contributed by atoms with Crippen molar-refractivity contribution < 1.29 is 31.1 Å². The molecule has 6 nitrogen and oxygen atoms in total. The number of halogens is 4. The number of benzene rings is 2. The summed E-state index contributed by atoms with van der Waals surface area (Å²) in [5.41, 5.74) is 0.0112. The molecule has 12 heteroatoms. The third-order valence-corrected chi connectivity index (χ3v) is 11.1. The van der Waals surface area contributed by atoms with Crippen LogP contribution in [0.5, 0.6) is 0 Å². The maximum atomic E-state index is 14.4. The molecule has 2 aliphatic rings. The summed E-state index contributed by atoms with van der Waals surface area (Å²) in [5.74, 6) is 0. The molecule has 0 aromatic heterocycles. The molecule has 0 bridgehead atoms. The number of sulfonamides is 1. The first-order chi connectivity index (χ1) is 18.3. The molecule has 2 aromatic rings. The Kier molecular flexibility index (Phi) is 9.42. The zero-order valence-corrected chi connectivity index (χ0v) is 26.0. The minimum atomic E-state index is -4.63. The lowest BCUT2D eigenvalue weighted by Gasteiger charge is -2.35. The fraction of sp³-hybridized carbons (Fsp3) is 0.556. The largest absolute Gasteiger partial charge is 0.416 e. The smallest absolute Gasteiger partial charge is 0.373 e. The number of nitrogens with zero attached hydrogens (tertiary/aromatic N) is 2. The van der Waals surface area contributed by atoms with Crippen molar-refractivity contribution in [2.24, 2.45) is 0 Å². The predicted molar refractivity (Wildman–Crippen MR) is 154 cm³/mol. The minimum absolute atomic E-state index is 0.00243. The SMILES string of the molecule is C[Si](C)(C)CCOCN(c1cc(C(F)(F)F)ccc1N1CCCCC1)S(=O)(=O)c1cc(Br)ccc1C1CCO1. The Hall–Kier alpha value is -1.60. The number of alkyl halides is 3. The highest BCUT2D eigenvalue weighted by Gasteiger charge is 2.37. The fourth-order valence-corrected chi connectivity index (χ4v) is 7.59. The van der Waals surface area contributed by atoms with Gasteiger partial charge in [0.1, 0.15) is 6.73 Å². The molecular formula is C27H36BrF3N2O4SSi. The summed E-state index contributed by atoms with van der Waals surface area (Å²) >= 11 is 3.38. The van der Waals surface area contributed by atoms with Crippen LogP contribution in [0.2, 0.25) is 25.7 Å². The highest BCUT2D eigenvalue weighted by Crippen LogP contribution is 2.42. The van der Waals surface area contributed by atoms with Crippen molar-refractivity contribution in [3.63, 3.8) is 0 Å². The fourth-order valence-electron chi connectivity index (χ4n) is 4.69. The number of hydrogen-bond acceptors (Lipinski definition) is 5. The van der Waals surface area contributed by atoms with Gasteiger partial charge in [-0.05, 0) is 55.6 Å². The molecule has 2 heterocycles. The van der Waals surface area contributed by atoms with E-state index in [1.54, 1.807) is 12.1 Å². The van der Waals surface area contributed by atoms with Gasteiger partial charge in [0.25, 0.3) is 10.0 Å². The summed E-state index contributed by atoms with van der Waals surface area (Å²) < 4.78 is 83.6. The van der Waals surface area contributed by atoms with Crippen LogP contribution >= 0.6 is 15.9 Å². The van der Waals surface area contributed by atoms with E-state index in [1.807, 2.05) is 4.90 Å².